The van der Waals surface area contributed by atoms with E-state index in [0.29, 0.717) is 0 Å². The van der Waals surface area contributed by atoms with E-state index in [1.165, 1.54) is 37.8 Å². The Bertz CT molecular complexity index is 255. The number of hydrogen-bond donors (Lipinski definition) is 1. The number of rotatable bonds is 5. The monoisotopic (exact) mass is 209 g/mol. The fraction of sp³-hybridized carbons (Fsp3) is 0.667. The molecule has 1 aromatic rings. The summed E-state index contributed by atoms with van der Waals surface area (Å²) in [5.74, 6) is 1.95. The Hall–Kier alpha value is -0.340. The zero-order valence-corrected chi connectivity index (χ0v) is 9.65. The third kappa shape index (κ3) is 2.37. The first-order valence-corrected chi connectivity index (χ1v) is 6.50. The molecule has 0 aliphatic heterocycles. The maximum atomic E-state index is 3.29. The van der Waals surface area contributed by atoms with Gasteiger partial charge in [0, 0.05) is 0 Å². The van der Waals surface area contributed by atoms with Gasteiger partial charge in [0.25, 0.3) is 0 Å². The second kappa shape index (κ2) is 4.94. The number of nitrogens with one attached hydrogen (secondary N) is 1. The first-order valence-electron chi connectivity index (χ1n) is 5.56. The molecule has 0 amide bonds. The zero-order valence-electron chi connectivity index (χ0n) is 8.83. The fourth-order valence-electron chi connectivity index (χ4n) is 2.34. The largest absolute Gasteiger partial charge is 0.319 e. The lowest BCUT2D eigenvalue weighted by atomic mass is 9.71. The zero-order chi connectivity index (χ0) is 9.80. The van der Waals surface area contributed by atoms with Crippen molar-refractivity contribution in [3.05, 3.63) is 22.4 Å². The van der Waals surface area contributed by atoms with Crippen molar-refractivity contribution < 1.29 is 0 Å². The predicted molar refractivity (Wildman–Crippen MR) is 62.8 cm³/mol. The summed E-state index contributed by atoms with van der Waals surface area (Å²) < 4.78 is 0. The van der Waals surface area contributed by atoms with Crippen LogP contribution in [0.3, 0.4) is 0 Å². The van der Waals surface area contributed by atoms with Crippen molar-refractivity contribution >= 4 is 11.3 Å². The molecule has 1 aliphatic rings. The highest BCUT2D eigenvalue weighted by molar-refractivity contribution is 7.07. The van der Waals surface area contributed by atoms with Crippen LogP contribution in [-0.2, 0) is 6.42 Å². The average Bonchev–Trinajstić information content (AvgIpc) is 2.65. The molecule has 2 atom stereocenters. The molecule has 0 bridgehead atoms. The first kappa shape index (κ1) is 10.2. The van der Waals surface area contributed by atoms with Gasteiger partial charge in [0.2, 0.25) is 0 Å². The second-order valence-corrected chi connectivity index (χ2v) is 5.11. The number of hydrogen-bond acceptors (Lipinski definition) is 2. The summed E-state index contributed by atoms with van der Waals surface area (Å²) in [5, 5.41) is 7.76. The molecule has 0 spiro atoms. The van der Waals surface area contributed by atoms with Gasteiger partial charge in [-0.3, -0.25) is 0 Å². The highest BCUT2D eigenvalue weighted by Gasteiger charge is 2.29. The average molecular weight is 209 g/mol. The summed E-state index contributed by atoms with van der Waals surface area (Å²) in [7, 11) is 2.06. The molecular weight excluding hydrogens is 190 g/mol. The summed E-state index contributed by atoms with van der Waals surface area (Å²) in [4.78, 5) is 0. The maximum absolute atomic E-state index is 3.29. The number of thiophene rings is 1. The smallest absolute Gasteiger partial charge is 0.00209 e. The molecule has 0 aromatic carbocycles. The highest BCUT2D eigenvalue weighted by atomic mass is 32.1. The molecule has 1 heterocycles. The van der Waals surface area contributed by atoms with Crippen molar-refractivity contribution in [1.82, 2.24) is 5.32 Å². The van der Waals surface area contributed by atoms with Crippen LogP contribution in [0.25, 0.3) is 0 Å². The Kier molecular flexibility index (Phi) is 3.60. The summed E-state index contributed by atoms with van der Waals surface area (Å²) in [6.07, 6.45) is 5.57. The normalized spacial score (nSPS) is 26.1. The lowest BCUT2D eigenvalue weighted by Crippen LogP contribution is -2.34. The topological polar surface area (TPSA) is 12.0 Å². The lowest BCUT2D eigenvalue weighted by Gasteiger charge is -2.36. The van der Waals surface area contributed by atoms with Gasteiger partial charge in [-0.1, -0.05) is 0 Å². The molecule has 0 radical (unpaired) electrons. The summed E-state index contributed by atoms with van der Waals surface area (Å²) in [6.45, 7) is 1.22. The molecule has 78 valence electrons. The van der Waals surface area contributed by atoms with Crippen LogP contribution >= 0.6 is 11.3 Å². The van der Waals surface area contributed by atoms with Gasteiger partial charge in [-0.25, -0.2) is 0 Å². The molecule has 1 nitrogen and oxygen atoms in total. The molecule has 1 N–H and O–H groups in total. The van der Waals surface area contributed by atoms with Crippen LogP contribution in [0.1, 0.15) is 24.8 Å². The van der Waals surface area contributed by atoms with Crippen LogP contribution in [0.5, 0.6) is 0 Å². The van der Waals surface area contributed by atoms with Crippen LogP contribution in [0, 0.1) is 11.8 Å². The summed E-state index contributed by atoms with van der Waals surface area (Å²) >= 11 is 1.82. The minimum atomic E-state index is 0.957. The van der Waals surface area contributed by atoms with E-state index in [4.69, 9.17) is 0 Å². The van der Waals surface area contributed by atoms with E-state index in [0.717, 1.165) is 11.8 Å². The highest BCUT2D eigenvalue weighted by Crippen LogP contribution is 2.37. The van der Waals surface area contributed by atoms with Gasteiger partial charge in [0.1, 0.15) is 0 Å². The van der Waals surface area contributed by atoms with Crippen LogP contribution in [0.2, 0.25) is 0 Å². The molecule has 2 heteroatoms. The third-order valence-electron chi connectivity index (χ3n) is 3.43. The molecular formula is C12H19NS. The standard InChI is InChI=1S/C12H19NS/c1-13-8-12-5-4-11(12)3-2-10-6-7-14-9-10/h6-7,9,11-13H,2-5,8H2,1H3. The van der Waals surface area contributed by atoms with Gasteiger partial charge in [0.05, 0.1) is 0 Å². The van der Waals surface area contributed by atoms with E-state index in [-0.39, 0.29) is 0 Å². The van der Waals surface area contributed by atoms with E-state index in [1.54, 1.807) is 0 Å². The van der Waals surface area contributed by atoms with E-state index >= 15 is 0 Å². The Morgan fingerprint density at radius 3 is 2.86 bits per heavy atom. The predicted octanol–water partition coefficient (Wildman–Crippen LogP) is 2.93. The molecule has 1 fully saturated rings. The van der Waals surface area contributed by atoms with Gasteiger partial charge in [-0.15, -0.1) is 0 Å². The molecule has 2 unspecified atom stereocenters. The van der Waals surface area contributed by atoms with Crippen LogP contribution in [-0.4, -0.2) is 13.6 Å². The second-order valence-electron chi connectivity index (χ2n) is 4.33. The minimum Gasteiger partial charge on any atom is -0.319 e. The maximum Gasteiger partial charge on any atom is -0.00209 e. The van der Waals surface area contributed by atoms with E-state index in [9.17, 15) is 0 Å². The Morgan fingerprint density at radius 1 is 1.43 bits per heavy atom. The molecule has 14 heavy (non-hydrogen) atoms. The van der Waals surface area contributed by atoms with Crippen LogP contribution in [0.15, 0.2) is 16.8 Å². The quantitative estimate of drug-likeness (QED) is 0.786. The Balaban J connectivity index is 1.71. The molecule has 2 rings (SSSR count). The molecule has 1 saturated carbocycles. The lowest BCUT2D eigenvalue weighted by molar-refractivity contribution is 0.163. The van der Waals surface area contributed by atoms with Crippen molar-refractivity contribution in [2.45, 2.75) is 25.7 Å². The van der Waals surface area contributed by atoms with Gasteiger partial charge in [0.15, 0.2) is 0 Å². The van der Waals surface area contributed by atoms with Crippen LogP contribution in [0.4, 0.5) is 0 Å². The summed E-state index contributed by atoms with van der Waals surface area (Å²) in [5.41, 5.74) is 1.53. The van der Waals surface area contributed by atoms with Crippen LogP contribution < -0.4 is 5.32 Å². The third-order valence-corrected chi connectivity index (χ3v) is 4.16. The van der Waals surface area contributed by atoms with Crippen molar-refractivity contribution in [2.75, 3.05) is 13.6 Å². The molecule has 1 aliphatic carbocycles. The first-order chi connectivity index (χ1) is 6.90. The van der Waals surface area contributed by atoms with E-state index < -0.39 is 0 Å². The fourth-order valence-corrected chi connectivity index (χ4v) is 3.04. The van der Waals surface area contributed by atoms with Crippen molar-refractivity contribution in [3.63, 3.8) is 0 Å². The Labute approximate surface area is 90.5 Å². The minimum absolute atomic E-state index is 0.957. The van der Waals surface area contributed by atoms with Gasteiger partial charge in [-0.2, -0.15) is 11.3 Å². The molecule has 1 aromatic heterocycles. The van der Waals surface area contributed by atoms with E-state index in [2.05, 4.69) is 29.2 Å². The van der Waals surface area contributed by atoms with E-state index in [1.807, 2.05) is 11.3 Å². The Morgan fingerprint density at radius 2 is 2.29 bits per heavy atom. The van der Waals surface area contributed by atoms with Gasteiger partial charge >= 0.3 is 0 Å². The number of aryl methyl sites for hydroxylation is 1. The van der Waals surface area contributed by atoms with Crippen molar-refractivity contribution in [1.29, 1.82) is 0 Å². The van der Waals surface area contributed by atoms with Crippen molar-refractivity contribution in [3.8, 4) is 0 Å². The van der Waals surface area contributed by atoms with Gasteiger partial charge < -0.3 is 5.32 Å². The van der Waals surface area contributed by atoms with Crippen molar-refractivity contribution in [2.24, 2.45) is 11.8 Å². The SMILES string of the molecule is CNCC1CCC1CCc1ccsc1. The van der Waals surface area contributed by atoms with Gasteiger partial charge in [-0.05, 0) is 73.5 Å². The molecule has 0 saturated heterocycles. The summed E-state index contributed by atoms with van der Waals surface area (Å²) in [6, 6.07) is 2.26.